The highest BCUT2D eigenvalue weighted by Crippen LogP contribution is 2.20. The number of hydrogen-bond acceptors (Lipinski definition) is 4. The number of nitrogens with zero attached hydrogens (tertiary/aromatic N) is 1. The Balaban J connectivity index is 1.96. The third-order valence-corrected chi connectivity index (χ3v) is 3.64. The number of amides is 1. The fourth-order valence-electron chi connectivity index (χ4n) is 2.12. The summed E-state index contributed by atoms with van der Waals surface area (Å²) < 4.78 is 11.1. The lowest BCUT2D eigenvalue weighted by Gasteiger charge is -2.03. The number of H-pyrrole nitrogens is 1. The second-order valence-corrected chi connectivity index (χ2v) is 5.20. The number of para-hydroxylation sites is 1. The number of anilines is 1. The van der Waals surface area contributed by atoms with Gasteiger partial charge in [0.1, 0.15) is 5.75 Å². The zero-order valence-corrected chi connectivity index (χ0v) is 13.3. The second-order valence-electron chi connectivity index (χ2n) is 4.80. The number of ether oxygens (including phenoxy) is 1. The van der Waals surface area contributed by atoms with Gasteiger partial charge in [-0.3, -0.25) is 9.32 Å². The summed E-state index contributed by atoms with van der Waals surface area (Å²) in [6.45, 7) is 0. The van der Waals surface area contributed by atoms with Crippen LogP contribution in [0, 0.1) is 0 Å². The highest BCUT2D eigenvalue weighted by molar-refractivity contribution is 6.33. The van der Waals surface area contributed by atoms with E-state index in [-0.39, 0.29) is 5.69 Å². The second kappa shape index (κ2) is 6.59. The molecular formula is C16H13ClN3O4+. The minimum atomic E-state index is -0.796. The number of rotatable bonds is 4. The number of carbonyl (C=O) groups is 1. The number of nitrogens with one attached hydrogen (secondary N) is 2. The number of aromatic nitrogens is 2. The number of hydrogen-bond donors (Lipinski definition) is 2. The van der Waals surface area contributed by atoms with Crippen LogP contribution < -0.4 is 20.4 Å². The van der Waals surface area contributed by atoms with E-state index in [1.165, 1.54) is 4.68 Å². The van der Waals surface area contributed by atoms with E-state index in [1.807, 2.05) is 0 Å². The number of benzene rings is 2. The first kappa shape index (κ1) is 15.8. The average molecular weight is 347 g/mol. The van der Waals surface area contributed by atoms with Gasteiger partial charge in [0.15, 0.2) is 0 Å². The SMILES string of the molecule is COc1ccc(-[n+]2[nH]oc(=O)c2C(=O)Nc2ccccc2Cl)cc1. The van der Waals surface area contributed by atoms with Gasteiger partial charge in [-0.1, -0.05) is 23.7 Å². The number of halogens is 1. The van der Waals surface area contributed by atoms with Gasteiger partial charge < -0.3 is 10.1 Å². The molecule has 2 N–H and O–H groups in total. The van der Waals surface area contributed by atoms with E-state index < -0.39 is 11.5 Å². The fourth-order valence-corrected chi connectivity index (χ4v) is 2.31. The van der Waals surface area contributed by atoms with Gasteiger partial charge in [0.25, 0.3) is 0 Å². The Morgan fingerprint density at radius 1 is 1.21 bits per heavy atom. The monoisotopic (exact) mass is 346 g/mol. The van der Waals surface area contributed by atoms with Crippen molar-refractivity contribution in [2.45, 2.75) is 0 Å². The summed E-state index contributed by atoms with van der Waals surface area (Å²) in [6.07, 6.45) is 0. The summed E-state index contributed by atoms with van der Waals surface area (Å²) in [6, 6.07) is 13.5. The van der Waals surface area contributed by atoms with E-state index in [1.54, 1.807) is 55.6 Å². The maximum Gasteiger partial charge on any atom is 0.441 e. The van der Waals surface area contributed by atoms with E-state index in [9.17, 15) is 9.59 Å². The Morgan fingerprint density at radius 3 is 2.58 bits per heavy atom. The first-order valence-corrected chi connectivity index (χ1v) is 7.32. The molecule has 7 nitrogen and oxygen atoms in total. The van der Waals surface area contributed by atoms with Crippen molar-refractivity contribution >= 4 is 23.2 Å². The maximum atomic E-state index is 12.5. The number of methoxy groups -OCH3 is 1. The zero-order valence-electron chi connectivity index (χ0n) is 12.6. The van der Waals surface area contributed by atoms with Crippen molar-refractivity contribution in [2.24, 2.45) is 0 Å². The average Bonchev–Trinajstić information content (AvgIpc) is 2.98. The maximum absolute atomic E-state index is 12.5. The molecule has 0 atom stereocenters. The topological polar surface area (TPSA) is 88.2 Å². The summed E-state index contributed by atoms with van der Waals surface area (Å²) in [4.78, 5) is 24.4. The molecule has 0 saturated carbocycles. The Bertz CT molecular complexity index is 931. The van der Waals surface area contributed by atoms with Crippen molar-refractivity contribution in [3.8, 4) is 11.4 Å². The highest BCUT2D eigenvalue weighted by Gasteiger charge is 2.31. The van der Waals surface area contributed by atoms with Gasteiger partial charge in [0, 0.05) is 12.1 Å². The quantitative estimate of drug-likeness (QED) is 0.708. The van der Waals surface area contributed by atoms with Crippen molar-refractivity contribution < 1.29 is 18.7 Å². The summed E-state index contributed by atoms with van der Waals surface area (Å²) in [5.74, 6) is 0.00109. The van der Waals surface area contributed by atoms with E-state index >= 15 is 0 Å². The third-order valence-electron chi connectivity index (χ3n) is 3.31. The molecule has 0 aliphatic carbocycles. The summed E-state index contributed by atoms with van der Waals surface area (Å²) >= 11 is 6.01. The van der Waals surface area contributed by atoms with Gasteiger partial charge in [-0.25, -0.2) is 4.79 Å². The van der Waals surface area contributed by atoms with Crippen LogP contribution >= 0.6 is 11.6 Å². The standard InChI is InChI=1S/C16H12ClN3O4/c1-23-11-8-6-10(7-9-11)20-14(16(22)24-19-20)15(21)18-13-5-3-2-4-12(13)17/h2-9H,1H3,(H-,18,19,21,22)/p+1. The molecule has 0 spiro atoms. The Hall–Kier alpha value is -3.06. The van der Waals surface area contributed by atoms with Crippen LogP contribution in [0.5, 0.6) is 5.75 Å². The first-order valence-electron chi connectivity index (χ1n) is 6.94. The lowest BCUT2D eigenvalue weighted by atomic mass is 10.3. The van der Waals surface area contributed by atoms with Crippen molar-refractivity contribution in [1.82, 2.24) is 5.27 Å². The van der Waals surface area contributed by atoms with Gasteiger partial charge in [0.2, 0.25) is 5.69 Å². The molecule has 0 unspecified atom stereocenters. The molecule has 3 rings (SSSR count). The third kappa shape index (κ3) is 3.02. The van der Waals surface area contributed by atoms with Crippen LogP contribution in [-0.2, 0) is 0 Å². The summed E-state index contributed by atoms with van der Waals surface area (Å²) in [7, 11) is 1.55. The molecule has 0 aliphatic heterocycles. The van der Waals surface area contributed by atoms with Gasteiger partial charge in [-0.2, -0.15) is 0 Å². The van der Waals surface area contributed by atoms with Crippen LogP contribution in [0.1, 0.15) is 10.5 Å². The molecule has 1 amide bonds. The minimum Gasteiger partial charge on any atom is -0.497 e. The van der Waals surface area contributed by atoms with Crippen molar-refractivity contribution in [1.29, 1.82) is 0 Å². The van der Waals surface area contributed by atoms with Crippen LogP contribution in [0.15, 0.2) is 57.8 Å². The number of aromatic amines is 1. The summed E-state index contributed by atoms with van der Waals surface area (Å²) in [5.41, 5.74) is -0.0764. The van der Waals surface area contributed by atoms with E-state index in [0.29, 0.717) is 22.1 Å². The zero-order chi connectivity index (χ0) is 17.1. The van der Waals surface area contributed by atoms with E-state index in [4.69, 9.17) is 20.9 Å². The molecule has 0 saturated heterocycles. The molecule has 0 fully saturated rings. The lowest BCUT2D eigenvalue weighted by Crippen LogP contribution is -2.42. The van der Waals surface area contributed by atoms with Crippen LogP contribution in [0.25, 0.3) is 5.69 Å². The molecule has 24 heavy (non-hydrogen) atoms. The van der Waals surface area contributed by atoms with Crippen LogP contribution in [-0.4, -0.2) is 18.3 Å². The van der Waals surface area contributed by atoms with E-state index in [0.717, 1.165) is 0 Å². The largest absolute Gasteiger partial charge is 0.497 e. The Morgan fingerprint density at radius 2 is 1.92 bits per heavy atom. The molecular weight excluding hydrogens is 334 g/mol. The Kier molecular flexibility index (Phi) is 4.35. The molecule has 0 radical (unpaired) electrons. The van der Waals surface area contributed by atoms with Gasteiger partial charge in [-0.15, -0.1) is 0 Å². The van der Waals surface area contributed by atoms with Gasteiger partial charge >= 0.3 is 17.2 Å². The first-order chi connectivity index (χ1) is 11.6. The van der Waals surface area contributed by atoms with Crippen LogP contribution in [0.4, 0.5) is 5.69 Å². The smallest absolute Gasteiger partial charge is 0.441 e. The molecule has 1 aromatic heterocycles. The molecule has 0 aliphatic rings. The minimum absolute atomic E-state index is 0.208. The normalized spacial score (nSPS) is 10.4. The molecule has 2 aromatic carbocycles. The molecule has 122 valence electrons. The highest BCUT2D eigenvalue weighted by atomic mass is 35.5. The molecule has 0 bridgehead atoms. The van der Waals surface area contributed by atoms with Crippen molar-refractivity contribution in [3.63, 3.8) is 0 Å². The fraction of sp³-hybridized carbons (Fsp3) is 0.0625. The van der Waals surface area contributed by atoms with E-state index in [2.05, 4.69) is 10.6 Å². The molecule has 8 heteroatoms. The Labute approximate surface area is 141 Å². The molecule has 1 heterocycles. The van der Waals surface area contributed by atoms with Crippen LogP contribution in [0.2, 0.25) is 5.02 Å². The van der Waals surface area contributed by atoms with Crippen molar-refractivity contribution in [2.75, 3.05) is 12.4 Å². The predicted molar refractivity (Wildman–Crippen MR) is 86.8 cm³/mol. The van der Waals surface area contributed by atoms with Crippen LogP contribution in [0.3, 0.4) is 0 Å². The molecule has 3 aromatic rings. The summed E-state index contributed by atoms with van der Waals surface area (Å²) in [5, 5.41) is 5.36. The lowest BCUT2D eigenvalue weighted by molar-refractivity contribution is -0.672. The van der Waals surface area contributed by atoms with Gasteiger partial charge in [-0.05, 0) is 34.2 Å². The predicted octanol–water partition coefficient (Wildman–Crippen LogP) is 2.16. The van der Waals surface area contributed by atoms with Gasteiger partial charge in [0.05, 0.1) is 17.8 Å². The number of carbonyl (C=O) groups excluding carboxylic acids is 1. The van der Waals surface area contributed by atoms with Crippen molar-refractivity contribution in [3.05, 3.63) is 69.7 Å².